The lowest BCUT2D eigenvalue weighted by molar-refractivity contribution is -0.120. The lowest BCUT2D eigenvalue weighted by Gasteiger charge is -2.29. The maximum absolute atomic E-state index is 11.0. The number of ether oxygens (including phenoxy) is 2. The highest BCUT2D eigenvalue weighted by atomic mass is 79.9. The van der Waals surface area contributed by atoms with Crippen LogP contribution in [0.4, 0.5) is 0 Å². The van der Waals surface area contributed by atoms with E-state index < -0.39 is 0 Å². The molecule has 7 heteroatoms. The largest absolute Gasteiger partial charge is 0.460 e. The fourth-order valence-corrected chi connectivity index (χ4v) is 3.56. The molecule has 26 heavy (non-hydrogen) atoms. The van der Waals surface area contributed by atoms with Crippen molar-refractivity contribution in [1.82, 2.24) is 15.3 Å². The summed E-state index contributed by atoms with van der Waals surface area (Å²) in [7, 11) is 0. The summed E-state index contributed by atoms with van der Waals surface area (Å²) >= 11 is 3.45. The first-order valence-corrected chi connectivity index (χ1v) is 9.76. The number of carbonyl (C=O) groups excluding carboxylic acids is 1. The molecular weight excluding hydrogens is 398 g/mol. The zero-order valence-electron chi connectivity index (χ0n) is 15.1. The van der Waals surface area contributed by atoms with Gasteiger partial charge < -0.3 is 14.8 Å². The second-order valence-electron chi connectivity index (χ2n) is 6.81. The monoisotopic (exact) mass is 421 g/mol. The number of carbonyl (C=O) groups is 1. The molecule has 0 saturated heterocycles. The Balaban J connectivity index is 1.46. The molecule has 0 spiro atoms. The molecule has 1 aromatic heterocycles. The summed E-state index contributed by atoms with van der Waals surface area (Å²) < 4.78 is 12.9. The minimum atomic E-state index is -0.0269. The van der Waals surface area contributed by atoms with E-state index in [0.717, 1.165) is 41.1 Å². The van der Waals surface area contributed by atoms with Gasteiger partial charge in [0.05, 0.1) is 18.2 Å². The maximum Gasteiger partial charge on any atom is 0.317 e. The SMILES string of the molecule is CC(=O)N[C@@H](C)CO[C@H]1CC[C@H](Oc2ncc3cc(Br)ccc3n2)CC1. The van der Waals surface area contributed by atoms with E-state index in [0.29, 0.717) is 12.6 Å². The lowest BCUT2D eigenvalue weighted by Crippen LogP contribution is -2.37. The van der Waals surface area contributed by atoms with Gasteiger partial charge in [0.1, 0.15) is 6.10 Å². The molecule has 1 fully saturated rings. The van der Waals surface area contributed by atoms with Crippen LogP contribution < -0.4 is 10.1 Å². The van der Waals surface area contributed by atoms with E-state index in [2.05, 4.69) is 31.2 Å². The van der Waals surface area contributed by atoms with Crippen molar-refractivity contribution >= 4 is 32.7 Å². The van der Waals surface area contributed by atoms with Crippen molar-refractivity contribution < 1.29 is 14.3 Å². The Kier molecular flexibility index (Phi) is 6.43. The van der Waals surface area contributed by atoms with Crippen LogP contribution in [0.2, 0.25) is 0 Å². The molecule has 1 N–H and O–H groups in total. The van der Waals surface area contributed by atoms with Gasteiger partial charge in [-0.25, -0.2) is 4.98 Å². The van der Waals surface area contributed by atoms with Gasteiger partial charge in [-0.3, -0.25) is 4.79 Å². The minimum absolute atomic E-state index is 0.0269. The summed E-state index contributed by atoms with van der Waals surface area (Å²) in [6, 6.07) is 6.37. The molecule has 1 aliphatic carbocycles. The zero-order chi connectivity index (χ0) is 18.5. The van der Waals surface area contributed by atoms with Crippen LogP contribution in [0.25, 0.3) is 10.9 Å². The maximum atomic E-state index is 11.0. The molecule has 1 atom stereocenters. The Bertz CT molecular complexity index is 763. The van der Waals surface area contributed by atoms with Crippen molar-refractivity contribution in [1.29, 1.82) is 0 Å². The molecule has 0 unspecified atom stereocenters. The van der Waals surface area contributed by atoms with E-state index in [4.69, 9.17) is 9.47 Å². The number of hydrogen-bond acceptors (Lipinski definition) is 5. The Morgan fingerprint density at radius 2 is 2.04 bits per heavy atom. The minimum Gasteiger partial charge on any atom is -0.460 e. The number of nitrogens with zero attached hydrogens (tertiary/aromatic N) is 2. The van der Waals surface area contributed by atoms with Crippen LogP contribution in [0, 0.1) is 0 Å². The van der Waals surface area contributed by atoms with Crippen molar-refractivity contribution in [2.45, 2.75) is 57.8 Å². The number of amides is 1. The van der Waals surface area contributed by atoms with Gasteiger partial charge in [0.2, 0.25) is 5.91 Å². The standard InChI is InChI=1S/C19H24BrN3O3/c1-12(22-13(2)24)11-25-16-4-6-17(7-5-16)26-19-21-10-14-9-15(20)3-8-18(14)23-19/h3,8-10,12,16-17H,4-7,11H2,1-2H3,(H,22,24)/t12-,16-,17-/m0/s1. The highest BCUT2D eigenvalue weighted by Gasteiger charge is 2.24. The molecule has 1 aliphatic rings. The van der Waals surface area contributed by atoms with E-state index in [9.17, 15) is 4.79 Å². The van der Waals surface area contributed by atoms with E-state index in [1.54, 1.807) is 6.20 Å². The van der Waals surface area contributed by atoms with E-state index in [1.165, 1.54) is 6.92 Å². The van der Waals surface area contributed by atoms with Crippen LogP contribution >= 0.6 is 15.9 Å². The Labute approximate surface area is 161 Å². The predicted octanol–water partition coefficient (Wildman–Crippen LogP) is 3.62. The molecule has 3 rings (SSSR count). The third-order valence-electron chi connectivity index (χ3n) is 4.44. The Morgan fingerprint density at radius 3 is 2.77 bits per heavy atom. The quantitative estimate of drug-likeness (QED) is 0.770. The second kappa shape index (κ2) is 8.77. The molecular formula is C19H24BrN3O3. The van der Waals surface area contributed by atoms with Gasteiger partial charge in [0, 0.05) is 29.0 Å². The molecule has 6 nitrogen and oxygen atoms in total. The van der Waals surface area contributed by atoms with Gasteiger partial charge in [-0.2, -0.15) is 4.98 Å². The van der Waals surface area contributed by atoms with Crippen LogP contribution in [0.5, 0.6) is 6.01 Å². The number of rotatable bonds is 6. The van der Waals surface area contributed by atoms with Crippen molar-refractivity contribution in [3.63, 3.8) is 0 Å². The summed E-state index contributed by atoms with van der Waals surface area (Å²) in [6.07, 6.45) is 5.86. The number of halogens is 1. The van der Waals surface area contributed by atoms with E-state index in [-0.39, 0.29) is 24.2 Å². The number of fused-ring (bicyclic) bond motifs is 1. The number of benzene rings is 1. The van der Waals surface area contributed by atoms with Crippen LogP contribution in [-0.2, 0) is 9.53 Å². The zero-order valence-corrected chi connectivity index (χ0v) is 16.7. The third kappa shape index (κ3) is 5.38. The summed E-state index contributed by atoms with van der Waals surface area (Å²) in [4.78, 5) is 19.8. The van der Waals surface area contributed by atoms with Gasteiger partial charge in [0.15, 0.2) is 0 Å². The second-order valence-corrected chi connectivity index (χ2v) is 7.72. The van der Waals surface area contributed by atoms with E-state index in [1.807, 2.05) is 25.1 Å². The average molecular weight is 422 g/mol. The fourth-order valence-electron chi connectivity index (χ4n) is 3.18. The first-order chi connectivity index (χ1) is 12.5. The molecule has 0 aliphatic heterocycles. The molecule has 0 bridgehead atoms. The van der Waals surface area contributed by atoms with Gasteiger partial charge in [-0.15, -0.1) is 0 Å². The van der Waals surface area contributed by atoms with Gasteiger partial charge in [-0.1, -0.05) is 15.9 Å². The van der Waals surface area contributed by atoms with E-state index >= 15 is 0 Å². The number of nitrogens with one attached hydrogen (secondary N) is 1. The molecule has 140 valence electrons. The van der Waals surface area contributed by atoms with Crippen LogP contribution in [0.1, 0.15) is 39.5 Å². The molecule has 1 amide bonds. The third-order valence-corrected chi connectivity index (χ3v) is 4.94. The summed E-state index contributed by atoms with van der Waals surface area (Å²) in [6.45, 7) is 4.01. The Morgan fingerprint density at radius 1 is 1.31 bits per heavy atom. The molecule has 1 heterocycles. The van der Waals surface area contributed by atoms with Crippen LogP contribution in [0.3, 0.4) is 0 Å². The first kappa shape index (κ1) is 19.0. The summed E-state index contributed by atoms with van der Waals surface area (Å²) in [5, 5.41) is 3.82. The lowest BCUT2D eigenvalue weighted by atomic mass is 9.95. The predicted molar refractivity (Wildman–Crippen MR) is 103 cm³/mol. The molecule has 1 saturated carbocycles. The molecule has 1 aromatic carbocycles. The molecule has 2 aromatic rings. The van der Waals surface area contributed by atoms with Crippen molar-refractivity contribution in [3.8, 4) is 6.01 Å². The van der Waals surface area contributed by atoms with Gasteiger partial charge in [-0.05, 0) is 50.8 Å². The fraction of sp³-hybridized carbons (Fsp3) is 0.526. The highest BCUT2D eigenvalue weighted by Crippen LogP contribution is 2.25. The van der Waals surface area contributed by atoms with Crippen molar-refractivity contribution in [2.75, 3.05) is 6.61 Å². The van der Waals surface area contributed by atoms with Crippen LogP contribution in [0.15, 0.2) is 28.9 Å². The van der Waals surface area contributed by atoms with Crippen molar-refractivity contribution in [3.05, 3.63) is 28.9 Å². The van der Waals surface area contributed by atoms with Gasteiger partial charge >= 0.3 is 6.01 Å². The first-order valence-electron chi connectivity index (χ1n) is 8.97. The molecule has 0 radical (unpaired) electrons. The summed E-state index contributed by atoms with van der Waals surface area (Å²) in [5.74, 6) is -0.0269. The normalized spacial score (nSPS) is 21.3. The topological polar surface area (TPSA) is 73.3 Å². The highest BCUT2D eigenvalue weighted by molar-refractivity contribution is 9.10. The van der Waals surface area contributed by atoms with Crippen LogP contribution in [-0.4, -0.2) is 40.7 Å². The smallest absolute Gasteiger partial charge is 0.317 e. The van der Waals surface area contributed by atoms with Crippen molar-refractivity contribution in [2.24, 2.45) is 0 Å². The number of hydrogen-bond donors (Lipinski definition) is 1. The Hall–Kier alpha value is -1.73. The number of aromatic nitrogens is 2. The van der Waals surface area contributed by atoms with Gasteiger partial charge in [0.25, 0.3) is 0 Å². The summed E-state index contributed by atoms with van der Waals surface area (Å²) in [5.41, 5.74) is 0.877. The average Bonchev–Trinajstić information content (AvgIpc) is 2.61.